The van der Waals surface area contributed by atoms with Crippen molar-refractivity contribution in [3.63, 3.8) is 0 Å². The minimum atomic E-state index is 0.778. The second-order valence-corrected chi connectivity index (χ2v) is 5.00. The van der Waals surface area contributed by atoms with Crippen molar-refractivity contribution in [1.29, 1.82) is 0 Å². The summed E-state index contributed by atoms with van der Waals surface area (Å²) in [6.45, 7) is 3.37. The largest absolute Gasteiger partial charge is 0.310 e. The van der Waals surface area contributed by atoms with Gasteiger partial charge >= 0.3 is 0 Å². The summed E-state index contributed by atoms with van der Waals surface area (Å²) in [5.41, 5.74) is 1.44. The molecule has 0 bridgehead atoms. The minimum absolute atomic E-state index is 0.778. The first-order valence-corrected chi connectivity index (χ1v) is 6.59. The predicted molar refractivity (Wildman–Crippen MR) is 62.6 cm³/mol. The summed E-state index contributed by atoms with van der Waals surface area (Å²) in [6, 6.07) is 2.99. The number of hydrogen-bond acceptors (Lipinski definition) is 2. The first-order chi connectivity index (χ1) is 6.90. The molecule has 2 heteroatoms. The molecule has 78 valence electrons. The fourth-order valence-electron chi connectivity index (χ4n) is 2.44. The molecule has 1 aromatic rings. The summed E-state index contributed by atoms with van der Waals surface area (Å²) in [4.78, 5) is 0. The fraction of sp³-hybridized carbons (Fsp3) is 0.667. The predicted octanol–water partition coefficient (Wildman–Crippen LogP) is 3.42. The van der Waals surface area contributed by atoms with Gasteiger partial charge in [0.1, 0.15) is 0 Å². The zero-order valence-corrected chi connectivity index (χ0v) is 9.65. The van der Waals surface area contributed by atoms with E-state index < -0.39 is 0 Å². The van der Waals surface area contributed by atoms with Crippen LogP contribution in [0.3, 0.4) is 0 Å². The van der Waals surface area contributed by atoms with Crippen LogP contribution in [0.4, 0.5) is 0 Å². The van der Waals surface area contributed by atoms with Crippen LogP contribution in [0.5, 0.6) is 0 Å². The Kier molecular flexibility index (Phi) is 3.60. The topological polar surface area (TPSA) is 12.0 Å². The van der Waals surface area contributed by atoms with E-state index in [2.05, 4.69) is 29.1 Å². The minimum Gasteiger partial charge on any atom is -0.310 e. The Balaban J connectivity index is 1.80. The molecule has 0 aliphatic heterocycles. The second kappa shape index (κ2) is 4.94. The number of hydrogen-bond donors (Lipinski definition) is 1. The maximum atomic E-state index is 3.69. The molecule has 2 rings (SSSR count). The highest BCUT2D eigenvalue weighted by atomic mass is 32.1. The maximum absolute atomic E-state index is 3.69. The number of thiophene rings is 1. The van der Waals surface area contributed by atoms with Gasteiger partial charge in [-0.25, -0.2) is 0 Å². The highest BCUT2D eigenvalue weighted by Crippen LogP contribution is 2.28. The Morgan fingerprint density at radius 3 is 3.14 bits per heavy atom. The standard InChI is InChI=1S/C12H19NS/c1-2-11-4-3-5-12(11)13-8-10-6-7-14-9-10/h6-7,9,11-13H,2-5,8H2,1H3. The van der Waals surface area contributed by atoms with Gasteiger partial charge in [0, 0.05) is 12.6 Å². The Bertz CT molecular complexity index is 255. The molecule has 0 aromatic carbocycles. The van der Waals surface area contributed by atoms with Gasteiger partial charge in [-0.3, -0.25) is 0 Å². The molecule has 0 spiro atoms. The molecular formula is C12H19NS. The third-order valence-electron chi connectivity index (χ3n) is 3.33. The highest BCUT2D eigenvalue weighted by Gasteiger charge is 2.24. The molecule has 1 nitrogen and oxygen atoms in total. The summed E-state index contributed by atoms with van der Waals surface area (Å²) < 4.78 is 0. The van der Waals surface area contributed by atoms with Crippen molar-refractivity contribution in [3.8, 4) is 0 Å². The summed E-state index contributed by atoms with van der Waals surface area (Å²) in [6.07, 6.45) is 5.56. The van der Waals surface area contributed by atoms with Crippen LogP contribution in [0.25, 0.3) is 0 Å². The van der Waals surface area contributed by atoms with Crippen LogP contribution < -0.4 is 5.32 Å². The van der Waals surface area contributed by atoms with Gasteiger partial charge in [-0.2, -0.15) is 11.3 Å². The Morgan fingerprint density at radius 2 is 2.43 bits per heavy atom. The van der Waals surface area contributed by atoms with Crippen molar-refractivity contribution in [3.05, 3.63) is 22.4 Å². The van der Waals surface area contributed by atoms with Crippen molar-refractivity contribution in [2.75, 3.05) is 0 Å². The summed E-state index contributed by atoms with van der Waals surface area (Å²) in [5.74, 6) is 0.925. The van der Waals surface area contributed by atoms with Crippen molar-refractivity contribution < 1.29 is 0 Å². The van der Waals surface area contributed by atoms with E-state index in [0.717, 1.165) is 18.5 Å². The van der Waals surface area contributed by atoms with Crippen LogP contribution in [-0.4, -0.2) is 6.04 Å². The highest BCUT2D eigenvalue weighted by molar-refractivity contribution is 7.07. The van der Waals surface area contributed by atoms with E-state index in [-0.39, 0.29) is 0 Å². The molecule has 1 aliphatic rings. The van der Waals surface area contributed by atoms with E-state index in [1.54, 1.807) is 11.3 Å². The van der Waals surface area contributed by atoms with Crippen LogP contribution in [0.2, 0.25) is 0 Å². The van der Waals surface area contributed by atoms with Gasteiger partial charge < -0.3 is 5.32 Å². The van der Waals surface area contributed by atoms with Crippen LogP contribution in [0.1, 0.15) is 38.2 Å². The first-order valence-electron chi connectivity index (χ1n) is 5.64. The molecule has 1 heterocycles. The van der Waals surface area contributed by atoms with E-state index >= 15 is 0 Å². The summed E-state index contributed by atoms with van der Waals surface area (Å²) >= 11 is 1.79. The fourth-order valence-corrected chi connectivity index (χ4v) is 3.11. The summed E-state index contributed by atoms with van der Waals surface area (Å²) in [5, 5.41) is 8.09. The van der Waals surface area contributed by atoms with Crippen molar-refractivity contribution in [2.24, 2.45) is 5.92 Å². The Labute approximate surface area is 90.5 Å². The molecule has 1 aliphatic carbocycles. The third-order valence-corrected chi connectivity index (χ3v) is 4.06. The molecule has 0 radical (unpaired) electrons. The van der Waals surface area contributed by atoms with Gasteiger partial charge in [0.15, 0.2) is 0 Å². The van der Waals surface area contributed by atoms with E-state index in [9.17, 15) is 0 Å². The molecule has 1 aromatic heterocycles. The van der Waals surface area contributed by atoms with Crippen LogP contribution in [0, 0.1) is 5.92 Å². The van der Waals surface area contributed by atoms with Crippen molar-refractivity contribution in [2.45, 2.75) is 45.2 Å². The lowest BCUT2D eigenvalue weighted by Gasteiger charge is -2.19. The molecule has 1 fully saturated rings. The quantitative estimate of drug-likeness (QED) is 0.801. The molecule has 2 atom stereocenters. The van der Waals surface area contributed by atoms with Gasteiger partial charge in [-0.1, -0.05) is 19.8 Å². The van der Waals surface area contributed by atoms with Gasteiger partial charge in [0.05, 0.1) is 0 Å². The Hall–Kier alpha value is -0.340. The third kappa shape index (κ3) is 2.37. The van der Waals surface area contributed by atoms with Crippen LogP contribution in [-0.2, 0) is 6.54 Å². The van der Waals surface area contributed by atoms with Gasteiger partial charge in [0.25, 0.3) is 0 Å². The smallest absolute Gasteiger partial charge is 0.0216 e. The number of nitrogens with one attached hydrogen (secondary N) is 1. The zero-order valence-electron chi connectivity index (χ0n) is 8.83. The van der Waals surface area contributed by atoms with Crippen LogP contribution in [0.15, 0.2) is 16.8 Å². The molecule has 0 saturated heterocycles. The first kappa shape index (κ1) is 10.2. The van der Waals surface area contributed by atoms with Gasteiger partial charge in [-0.15, -0.1) is 0 Å². The second-order valence-electron chi connectivity index (χ2n) is 4.22. The van der Waals surface area contributed by atoms with Crippen LogP contribution >= 0.6 is 11.3 Å². The summed E-state index contributed by atoms with van der Waals surface area (Å²) in [7, 11) is 0. The van der Waals surface area contributed by atoms with Crippen molar-refractivity contribution >= 4 is 11.3 Å². The SMILES string of the molecule is CCC1CCCC1NCc1ccsc1. The normalized spacial score (nSPS) is 26.9. The maximum Gasteiger partial charge on any atom is 0.0216 e. The molecule has 0 amide bonds. The number of rotatable bonds is 4. The average molecular weight is 209 g/mol. The van der Waals surface area contributed by atoms with E-state index in [1.165, 1.54) is 31.2 Å². The lowest BCUT2D eigenvalue weighted by molar-refractivity contribution is 0.389. The monoisotopic (exact) mass is 209 g/mol. The van der Waals surface area contributed by atoms with Gasteiger partial charge in [-0.05, 0) is 41.1 Å². The lowest BCUT2D eigenvalue weighted by atomic mass is 10.0. The van der Waals surface area contributed by atoms with Gasteiger partial charge in [0.2, 0.25) is 0 Å². The lowest BCUT2D eigenvalue weighted by Crippen LogP contribution is -2.31. The molecule has 1 N–H and O–H groups in total. The average Bonchev–Trinajstić information content (AvgIpc) is 2.85. The van der Waals surface area contributed by atoms with E-state index in [1.807, 2.05) is 0 Å². The molecule has 1 saturated carbocycles. The van der Waals surface area contributed by atoms with E-state index in [0.29, 0.717) is 0 Å². The van der Waals surface area contributed by atoms with Crippen molar-refractivity contribution in [1.82, 2.24) is 5.32 Å². The Morgan fingerprint density at radius 1 is 1.50 bits per heavy atom. The molecular weight excluding hydrogens is 190 g/mol. The zero-order chi connectivity index (χ0) is 9.80. The van der Waals surface area contributed by atoms with E-state index in [4.69, 9.17) is 0 Å². The molecule has 2 unspecified atom stereocenters. The molecule has 14 heavy (non-hydrogen) atoms.